The average molecular weight is 322 g/mol. The Morgan fingerprint density at radius 3 is 2.54 bits per heavy atom. The summed E-state index contributed by atoms with van der Waals surface area (Å²) in [7, 11) is 0. The number of rotatable bonds is 5. The summed E-state index contributed by atoms with van der Waals surface area (Å²) in [6, 6.07) is 14.9. The number of carbonyl (C=O) groups excluding carboxylic acids is 1. The highest BCUT2D eigenvalue weighted by Gasteiger charge is 2.08. The van der Waals surface area contributed by atoms with Gasteiger partial charge in [0.05, 0.1) is 13.0 Å². The van der Waals surface area contributed by atoms with Gasteiger partial charge in [-0.3, -0.25) is 4.79 Å². The minimum absolute atomic E-state index is 0.185. The molecule has 24 heavy (non-hydrogen) atoms. The van der Waals surface area contributed by atoms with E-state index in [1.165, 1.54) is 0 Å². The van der Waals surface area contributed by atoms with Crippen LogP contribution in [-0.2, 0) is 11.2 Å². The zero-order valence-corrected chi connectivity index (χ0v) is 13.3. The number of anilines is 1. The van der Waals surface area contributed by atoms with Crippen LogP contribution in [0.5, 0.6) is 5.75 Å². The highest BCUT2D eigenvalue weighted by molar-refractivity contribution is 5.99. The standard InChI is InChI=1S/C18H18N4O2/c1-2-24-13-9-7-12(8-10-13)11-16(23)21-22-18-15-6-4-3-5-14(15)17(19)20-18/h3-10,20H,2,11,19H2,1H3. The zero-order chi connectivity index (χ0) is 16.9. The lowest BCUT2D eigenvalue weighted by molar-refractivity contribution is -0.117. The molecular weight excluding hydrogens is 304 g/mol. The smallest absolute Gasteiger partial charge is 0.269 e. The molecule has 0 spiro atoms. The summed E-state index contributed by atoms with van der Waals surface area (Å²) in [5.74, 6) is 1.46. The van der Waals surface area contributed by atoms with Gasteiger partial charge in [0.15, 0.2) is 5.82 Å². The number of aromatic amines is 1. The Bertz CT molecular complexity index is 882. The highest BCUT2D eigenvalue weighted by Crippen LogP contribution is 2.30. The Hall–Kier alpha value is -3.15. The van der Waals surface area contributed by atoms with Crippen molar-refractivity contribution in [2.24, 2.45) is 10.2 Å². The third kappa shape index (κ3) is 3.43. The molecule has 0 atom stereocenters. The van der Waals surface area contributed by atoms with Crippen molar-refractivity contribution in [2.75, 3.05) is 12.3 Å². The number of carbonyl (C=O) groups is 1. The van der Waals surface area contributed by atoms with Crippen molar-refractivity contribution < 1.29 is 9.53 Å². The first kappa shape index (κ1) is 15.7. The van der Waals surface area contributed by atoms with Crippen molar-refractivity contribution in [3.63, 3.8) is 0 Å². The molecule has 0 aliphatic rings. The molecule has 0 saturated heterocycles. The number of ether oxygens (including phenoxy) is 1. The maximum atomic E-state index is 12.0. The molecule has 0 unspecified atom stereocenters. The number of benzene rings is 2. The first-order valence-electron chi connectivity index (χ1n) is 7.70. The van der Waals surface area contributed by atoms with Gasteiger partial charge in [0.2, 0.25) is 0 Å². The van der Waals surface area contributed by atoms with Crippen LogP contribution in [0.15, 0.2) is 58.8 Å². The summed E-state index contributed by atoms with van der Waals surface area (Å²) in [6.45, 7) is 2.54. The van der Waals surface area contributed by atoms with Crippen LogP contribution in [0.1, 0.15) is 12.5 Å². The summed E-state index contributed by atoms with van der Waals surface area (Å²) >= 11 is 0. The van der Waals surface area contributed by atoms with Crippen molar-refractivity contribution in [3.05, 3.63) is 54.1 Å². The van der Waals surface area contributed by atoms with Crippen LogP contribution in [0.25, 0.3) is 10.8 Å². The van der Waals surface area contributed by atoms with Gasteiger partial charge >= 0.3 is 0 Å². The van der Waals surface area contributed by atoms with Gasteiger partial charge in [-0.2, -0.15) is 0 Å². The van der Waals surface area contributed by atoms with Crippen LogP contribution in [0.3, 0.4) is 0 Å². The fourth-order valence-corrected chi connectivity index (χ4v) is 2.45. The number of amides is 1. The molecule has 3 aromatic rings. The second-order valence-electron chi connectivity index (χ2n) is 5.28. The van der Waals surface area contributed by atoms with Crippen LogP contribution in [0, 0.1) is 0 Å². The lowest BCUT2D eigenvalue weighted by atomic mass is 10.1. The summed E-state index contributed by atoms with van der Waals surface area (Å²) < 4.78 is 5.37. The number of nitrogens with two attached hydrogens (primary N) is 1. The van der Waals surface area contributed by atoms with Gasteiger partial charge in [-0.05, 0) is 24.6 Å². The summed E-state index contributed by atoms with van der Waals surface area (Å²) in [5.41, 5.74) is 6.75. The lowest BCUT2D eigenvalue weighted by Gasteiger charge is -2.03. The van der Waals surface area contributed by atoms with Gasteiger partial charge in [-0.15, -0.1) is 10.2 Å². The number of nitrogens with one attached hydrogen (secondary N) is 1. The topological polar surface area (TPSA) is 92.8 Å². The molecule has 1 amide bonds. The first-order valence-corrected chi connectivity index (χ1v) is 7.70. The molecule has 2 aromatic carbocycles. The molecule has 0 bridgehead atoms. The van der Waals surface area contributed by atoms with Gasteiger partial charge in [0, 0.05) is 10.8 Å². The number of H-pyrrole nitrogens is 1. The largest absolute Gasteiger partial charge is 0.494 e. The molecule has 3 N–H and O–H groups in total. The normalized spacial score (nSPS) is 11.2. The van der Waals surface area contributed by atoms with Gasteiger partial charge < -0.3 is 15.5 Å². The summed E-state index contributed by atoms with van der Waals surface area (Å²) in [6.07, 6.45) is 0.185. The van der Waals surface area contributed by atoms with Crippen molar-refractivity contribution in [2.45, 2.75) is 13.3 Å². The van der Waals surface area contributed by atoms with Crippen LogP contribution < -0.4 is 10.5 Å². The number of aromatic nitrogens is 1. The van der Waals surface area contributed by atoms with Crippen LogP contribution in [-0.4, -0.2) is 17.5 Å². The molecule has 0 aliphatic heterocycles. The molecule has 6 heteroatoms. The predicted octanol–water partition coefficient (Wildman–Crippen LogP) is 4.00. The molecule has 0 saturated carbocycles. The Morgan fingerprint density at radius 1 is 1.12 bits per heavy atom. The van der Waals surface area contributed by atoms with E-state index in [1.54, 1.807) is 0 Å². The van der Waals surface area contributed by atoms with E-state index >= 15 is 0 Å². The molecule has 3 rings (SSSR count). The number of nitrogen functional groups attached to an aromatic ring is 1. The molecule has 1 aromatic heterocycles. The maximum absolute atomic E-state index is 12.0. The van der Waals surface area contributed by atoms with Crippen molar-refractivity contribution in [1.82, 2.24) is 4.98 Å². The third-order valence-corrected chi connectivity index (χ3v) is 3.58. The Morgan fingerprint density at radius 2 is 1.83 bits per heavy atom. The Kier molecular flexibility index (Phi) is 4.56. The van der Waals surface area contributed by atoms with Gasteiger partial charge in [-0.25, -0.2) is 0 Å². The van der Waals surface area contributed by atoms with E-state index < -0.39 is 0 Å². The average Bonchev–Trinajstić information content (AvgIpc) is 2.92. The molecule has 6 nitrogen and oxygen atoms in total. The Balaban J connectivity index is 1.70. The van der Waals surface area contributed by atoms with Crippen molar-refractivity contribution in [3.8, 4) is 5.75 Å². The first-order chi connectivity index (χ1) is 11.7. The fourth-order valence-electron chi connectivity index (χ4n) is 2.45. The molecular formula is C18H18N4O2. The fraction of sp³-hybridized carbons (Fsp3) is 0.167. The van der Waals surface area contributed by atoms with Crippen LogP contribution >= 0.6 is 0 Å². The number of fused-ring (bicyclic) bond motifs is 1. The van der Waals surface area contributed by atoms with E-state index in [1.807, 2.05) is 55.5 Å². The number of azo groups is 1. The predicted molar refractivity (Wildman–Crippen MR) is 93.5 cm³/mol. The molecule has 1 heterocycles. The molecule has 0 aliphatic carbocycles. The summed E-state index contributed by atoms with van der Waals surface area (Å²) in [4.78, 5) is 14.9. The van der Waals surface area contributed by atoms with Crippen LogP contribution in [0.4, 0.5) is 11.6 Å². The number of nitrogens with zero attached hydrogens (tertiary/aromatic N) is 2. The highest BCUT2D eigenvalue weighted by atomic mass is 16.5. The van der Waals surface area contributed by atoms with Crippen molar-refractivity contribution >= 4 is 28.3 Å². The second kappa shape index (κ2) is 6.95. The van der Waals surface area contributed by atoms with E-state index in [4.69, 9.17) is 10.5 Å². The minimum atomic E-state index is -0.323. The van der Waals surface area contributed by atoms with E-state index in [-0.39, 0.29) is 12.3 Å². The van der Waals surface area contributed by atoms with E-state index in [9.17, 15) is 4.79 Å². The van der Waals surface area contributed by atoms with Gasteiger partial charge in [0.25, 0.3) is 5.91 Å². The van der Waals surface area contributed by atoms with E-state index in [2.05, 4.69) is 15.2 Å². The summed E-state index contributed by atoms with van der Waals surface area (Å²) in [5, 5.41) is 9.50. The second-order valence-corrected chi connectivity index (χ2v) is 5.28. The van der Waals surface area contributed by atoms with Crippen LogP contribution in [0.2, 0.25) is 0 Å². The van der Waals surface area contributed by atoms with E-state index in [0.29, 0.717) is 18.2 Å². The quantitative estimate of drug-likeness (QED) is 0.695. The van der Waals surface area contributed by atoms with Gasteiger partial charge in [-0.1, -0.05) is 36.4 Å². The number of hydrogen-bond acceptors (Lipinski definition) is 4. The maximum Gasteiger partial charge on any atom is 0.269 e. The van der Waals surface area contributed by atoms with E-state index in [0.717, 1.165) is 22.1 Å². The third-order valence-electron chi connectivity index (χ3n) is 3.58. The molecule has 0 radical (unpaired) electrons. The van der Waals surface area contributed by atoms with Crippen molar-refractivity contribution in [1.29, 1.82) is 0 Å². The monoisotopic (exact) mass is 322 g/mol. The number of hydrogen-bond donors (Lipinski definition) is 2. The molecule has 122 valence electrons. The lowest BCUT2D eigenvalue weighted by Crippen LogP contribution is -1.98. The minimum Gasteiger partial charge on any atom is -0.494 e. The van der Waals surface area contributed by atoms with Gasteiger partial charge in [0.1, 0.15) is 11.6 Å². The SMILES string of the molecule is CCOc1ccc(CC(=O)N=Nc2[nH]c(N)c3ccccc23)cc1. The Labute approximate surface area is 139 Å². The molecule has 0 fully saturated rings. The zero-order valence-electron chi connectivity index (χ0n) is 13.3.